The summed E-state index contributed by atoms with van der Waals surface area (Å²) >= 11 is 0. The van der Waals surface area contributed by atoms with Crippen molar-refractivity contribution in [3.63, 3.8) is 0 Å². The minimum Gasteiger partial charge on any atom is -0.369 e. The van der Waals surface area contributed by atoms with Gasteiger partial charge in [-0.2, -0.15) is 0 Å². The molecule has 106 valence electrons. The molecule has 1 aliphatic rings. The average Bonchev–Trinajstić information content (AvgIpc) is 2.56. The molecule has 2 heterocycles. The molecule has 1 aromatic heterocycles. The molecule has 0 saturated carbocycles. The summed E-state index contributed by atoms with van der Waals surface area (Å²) in [5.74, 6) is 0.329. The van der Waals surface area contributed by atoms with Crippen molar-refractivity contribution in [2.75, 3.05) is 0 Å². The van der Waals surface area contributed by atoms with Crippen LogP contribution in [-0.4, -0.2) is 16.2 Å². The van der Waals surface area contributed by atoms with E-state index in [1.807, 2.05) is 12.4 Å². The van der Waals surface area contributed by atoms with Crippen LogP contribution >= 0.6 is 0 Å². The number of aromatic nitrogens is 1. The molecule has 0 spiro atoms. The molecule has 0 aliphatic carbocycles. The van der Waals surface area contributed by atoms with Crippen molar-refractivity contribution in [1.29, 1.82) is 0 Å². The molecule has 0 aromatic carbocycles. The maximum Gasteiger partial charge on any atom is 0.0680 e. The largest absolute Gasteiger partial charge is 0.369 e. The predicted octanol–water partition coefficient (Wildman–Crippen LogP) is 3.24. The Hall–Kier alpha value is -0.930. The second-order valence-electron chi connectivity index (χ2n) is 6.73. The number of hydrogen-bond donors (Lipinski definition) is 1. The van der Waals surface area contributed by atoms with Gasteiger partial charge < -0.3 is 10.5 Å². The number of nitrogens with zero attached hydrogens (tertiary/aromatic N) is 1. The van der Waals surface area contributed by atoms with Crippen LogP contribution in [0, 0.1) is 5.92 Å². The zero-order chi connectivity index (χ0) is 14.3. The Morgan fingerprint density at radius 1 is 1.42 bits per heavy atom. The fourth-order valence-corrected chi connectivity index (χ4v) is 3.44. The van der Waals surface area contributed by atoms with Crippen molar-refractivity contribution in [3.8, 4) is 0 Å². The quantitative estimate of drug-likeness (QED) is 0.909. The number of ether oxygens (including phenoxy) is 1. The molecule has 1 saturated heterocycles. The molecule has 19 heavy (non-hydrogen) atoms. The van der Waals surface area contributed by atoms with Crippen LogP contribution < -0.4 is 5.73 Å². The van der Waals surface area contributed by atoms with Crippen molar-refractivity contribution < 1.29 is 4.74 Å². The highest BCUT2D eigenvalue weighted by atomic mass is 16.5. The van der Waals surface area contributed by atoms with E-state index in [1.165, 1.54) is 11.1 Å². The average molecular weight is 262 g/mol. The molecule has 3 nitrogen and oxygen atoms in total. The van der Waals surface area contributed by atoms with Crippen LogP contribution in [0.4, 0.5) is 0 Å². The maximum atomic E-state index is 6.57. The molecule has 2 rings (SSSR count). The second kappa shape index (κ2) is 4.88. The number of hydrogen-bond acceptors (Lipinski definition) is 3. The summed E-state index contributed by atoms with van der Waals surface area (Å²) in [6.07, 6.45) is 5.73. The first-order valence-corrected chi connectivity index (χ1v) is 7.15. The molecule has 0 radical (unpaired) electrons. The summed E-state index contributed by atoms with van der Waals surface area (Å²) in [6.45, 7) is 10.7. The van der Waals surface area contributed by atoms with E-state index in [1.54, 1.807) is 0 Å². The Morgan fingerprint density at radius 3 is 2.63 bits per heavy atom. The summed E-state index contributed by atoms with van der Waals surface area (Å²) < 4.78 is 6.17. The van der Waals surface area contributed by atoms with E-state index in [9.17, 15) is 0 Å². The minimum absolute atomic E-state index is 0.00900. The van der Waals surface area contributed by atoms with Gasteiger partial charge in [0.2, 0.25) is 0 Å². The predicted molar refractivity (Wildman–Crippen MR) is 77.9 cm³/mol. The van der Waals surface area contributed by atoms with Gasteiger partial charge in [0.15, 0.2) is 0 Å². The first-order chi connectivity index (χ1) is 8.77. The van der Waals surface area contributed by atoms with E-state index in [-0.39, 0.29) is 17.2 Å². The molecule has 1 aliphatic heterocycles. The summed E-state index contributed by atoms with van der Waals surface area (Å²) in [7, 11) is 0. The van der Waals surface area contributed by atoms with E-state index in [4.69, 9.17) is 10.5 Å². The van der Waals surface area contributed by atoms with Gasteiger partial charge in [0.05, 0.1) is 11.2 Å². The molecular formula is C16H26N2O. The van der Waals surface area contributed by atoms with Crippen LogP contribution in [0.1, 0.15) is 58.2 Å². The topological polar surface area (TPSA) is 48.1 Å². The molecule has 1 fully saturated rings. The molecule has 0 amide bonds. The highest BCUT2D eigenvalue weighted by molar-refractivity contribution is 5.28. The van der Waals surface area contributed by atoms with Gasteiger partial charge in [-0.05, 0) is 57.7 Å². The van der Waals surface area contributed by atoms with Gasteiger partial charge in [-0.25, -0.2) is 0 Å². The Balaban J connectivity index is 2.31. The Labute approximate surface area is 116 Å². The van der Waals surface area contributed by atoms with Crippen molar-refractivity contribution in [2.45, 2.75) is 64.7 Å². The van der Waals surface area contributed by atoms with E-state index in [0.717, 1.165) is 12.8 Å². The summed E-state index contributed by atoms with van der Waals surface area (Å²) in [5.41, 5.74) is 8.76. The zero-order valence-corrected chi connectivity index (χ0v) is 12.7. The Kier molecular flexibility index (Phi) is 3.72. The third-order valence-electron chi connectivity index (χ3n) is 4.26. The highest BCUT2D eigenvalue weighted by Gasteiger charge is 2.48. The lowest BCUT2D eigenvalue weighted by atomic mass is 9.78. The van der Waals surface area contributed by atoms with Gasteiger partial charge in [0.1, 0.15) is 0 Å². The molecule has 2 N–H and O–H groups in total. The van der Waals surface area contributed by atoms with E-state index in [2.05, 4.69) is 45.7 Å². The maximum absolute atomic E-state index is 6.57. The minimum atomic E-state index is -0.183. The first kappa shape index (κ1) is 14.5. The van der Waals surface area contributed by atoms with E-state index < -0.39 is 0 Å². The molecule has 3 heteroatoms. The third-order valence-corrected chi connectivity index (χ3v) is 4.26. The van der Waals surface area contributed by atoms with Gasteiger partial charge in [0, 0.05) is 24.4 Å². The second-order valence-corrected chi connectivity index (χ2v) is 6.73. The van der Waals surface area contributed by atoms with Gasteiger partial charge in [-0.3, -0.25) is 4.98 Å². The highest BCUT2D eigenvalue weighted by Crippen LogP contribution is 2.47. The Morgan fingerprint density at radius 2 is 2.11 bits per heavy atom. The lowest BCUT2D eigenvalue weighted by Gasteiger charge is -2.32. The SMILES string of the molecule is CCc1cnccc1C(N)C1CC(C)(C)OC1(C)C. The zero-order valence-electron chi connectivity index (χ0n) is 12.7. The van der Waals surface area contributed by atoms with Crippen molar-refractivity contribution in [3.05, 3.63) is 29.6 Å². The number of aryl methyl sites for hydroxylation is 1. The Bertz CT molecular complexity index is 454. The van der Waals surface area contributed by atoms with Crippen molar-refractivity contribution in [2.24, 2.45) is 11.7 Å². The third kappa shape index (κ3) is 2.82. The lowest BCUT2D eigenvalue weighted by Crippen LogP contribution is -2.36. The standard InChI is InChI=1S/C16H26N2O/c1-6-11-10-18-8-7-12(11)14(17)13-9-15(2,3)19-16(13,4)5/h7-8,10,13-14H,6,9,17H2,1-5H3. The van der Waals surface area contributed by atoms with E-state index in [0.29, 0.717) is 5.92 Å². The molecular weight excluding hydrogens is 236 g/mol. The van der Waals surface area contributed by atoms with Gasteiger partial charge in [0.25, 0.3) is 0 Å². The smallest absolute Gasteiger partial charge is 0.0680 e. The van der Waals surface area contributed by atoms with Crippen molar-refractivity contribution in [1.82, 2.24) is 4.98 Å². The summed E-state index contributed by atoms with van der Waals surface area (Å²) in [4.78, 5) is 4.20. The van der Waals surface area contributed by atoms with Crippen LogP contribution in [0.25, 0.3) is 0 Å². The summed E-state index contributed by atoms with van der Waals surface area (Å²) in [5, 5.41) is 0. The lowest BCUT2D eigenvalue weighted by molar-refractivity contribution is -0.0767. The fourth-order valence-electron chi connectivity index (χ4n) is 3.44. The molecule has 0 bridgehead atoms. The van der Waals surface area contributed by atoms with Gasteiger partial charge >= 0.3 is 0 Å². The van der Waals surface area contributed by atoms with Gasteiger partial charge in [-0.1, -0.05) is 6.92 Å². The van der Waals surface area contributed by atoms with Crippen LogP contribution in [0.2, 0.25) is 0 Å². The fraction of sp³-hybridized carbons (Fsp3) is 0.688. The van der Waals surface area contributed by atoms with Crippen LogP contribution in [-0.2, 0) is 11.2 Å². The van der Waals surface area contributed by atoms with Gasteiger partial charge in [-0.15, -0.1) is 0 Å². The number of rotatable bonds is 3. The monoisotopic (exact) mass is 262 g/mol. The molecule has 2 atom stereocenters. The normalized spacial score (nSPS) is 26.3. The van der Waals surface area contributed by atoms with E-state index >= 15 is 0 Å². The number of pyridine rings is 1. The van der Waals surface area contributed by atoms with Crippen LogP contribution in [0.5, 0.6) is 0 Å². The first-order valence-electron chi connectivity index (χ1n) is 7.15. The van der Waals surface area contributed by atoms with Crippen molar-refractivity contribution >= 4 is 0 Å². The number of nitrogens with two attached hydrogens (primary N) is 1. The molecule has 2 unspecified atom stereocenters. The van der Waals surface area contributed by atoms with Crippen LogP contribution in [0.3, 0.4) is 0 Å². The van der Waals surface area contributed by atoms with Crippen LogP contribution in [0.15, 0.2) is 18.5 Å². The summed E-state index contributed by atoms with van der Waals surface area (Å²) in [6, 6.07) is 2.07. The molecule has 1 aromatic rings.